The number of H-pyrrole nitrogens is 1. The number of carbonyl (C=O) groups is 1. The average molecular weight is 417 g/mol. The lowest BCUT2D eigenvalue weighted by Gasteiger charge is -2.08. The normalized spacial score (nSPS) is 11.1. The molecule has 3 rings (SSSR count). The Balaban J connectivity index is 1.78. The van der Waals surface area contributed by atoms with Crippen LogP contribution in [0.4, 0.5) is 0 Å². The molecular weight excluding hydrogens is 392 g/mol. The summed E-state index contributed by atoms with van der Waals surface area (Å²) in [7, 11) is 1.56. The molecule has 1 aromatic carbocycles. The van der Waals surface area contributed by atoms with E-state index < -0.39 is 11.2 Å². The maximum Gasteiger partial charge on any atom is 0.329 e. The van der Waals surface area contributed by atoms with Gasteiger partial charge in [0.15, 0.2) is 16.3 Å². The minimum atomic E-state index is -0.514. The minimum Gasteiger partial charge on any atom is -0.460 e. The molecule has 3 aromatic rings. The summed E-state index contributed by atoms with van der Waals surface area (Å²) in [5.74, 6) is -0.302. The lowest BCUT2D eigenvalue weighted by molar-refractivity contribution is -0.141. The van der Waals surface area contributed by atoms with Crippen LogP contribution < -0.4 is 11.2 Å². The number of esters is 1. The maximum atomic E-state index is 12.4. The number of imidazole rings is 1. The van der Waals surface area contributed by atoms with Crippen molar-refractivity contribution in [1.29, 1.82) is 0 Å². The molecule has 2 aromatic heterocycles. The van der Waals surface area contributed by atoms with Gasteiger partial charge in [0.2, 0.25) is 0 Å². The molecule has 0 aliphatic heterocycles. The summed E-state index contributed by atoms with van der Waals surface area (Å²) in [6, 6.07) is 9.46. The first-order valence-electron chi connectivity index (χ1n) is 9.53. The van der Waals surface area contributed by atoms with Crippen LogP contribution in [-0.2, 0) is 29.7 Å². The predicted octanol–water partition coefficient (Wildman–Crippen LogP) is 2.45. The zero-order valence-corrected chi connectivity index (χ0v) is 17.3. The van der Waals surface area contributed by atoms with Gasteiger partial charge in [-0.15, -0.1) is 0 Å². The Hall–Kier alpha value is -2.81. The van der Waals surface area contributed by atoms with Gasteiger partial charge in [-0.25, -0.2) is 9.78 Å². The number of carbonyl (C=O) groups excluding carboxylic acids is 1. The van der Waals surface area contributed by atoms with Crippen LogP contribution in [0, 0.1) is 0 Å². The first kappa shape index (κ1) is 20.9. The molecule has 154 valence electrons. The van der Waals surface area contributed by atoms with Crippen LogP contribution in [0.3, 0.4) is 0 Å². The number of thioether (sulfide) groups is 1. The van der Waals surface area contributed by atoms with E-state index in [1.165, 1.54) is 16.3 Å². The molecule has 0 saturated heterocycles. The number of nitrogens with one attached hydrogen (secondary N) is 1. The minimum absolute atomic E-state index is 0.0653. The van der Waals surface area contributed by atoms with E-state index in [2.05, 4.69) is 16.9 Å². The van der Waals surface area contributed by atoms with Crippen molar-refractivity contribution in [2.24, 2.45) is 7.05 Å². The van der Waals surface area contributed by atoms with Crippen molar-refractivity contribution in [3.8, 4) is 0 Å². The summed E-state index contributed by atoms with van der Waals surface area (Å²) in [6.45, 7) is 2.90. The number of unbranched alkanes of at least 4 members (excludes halogenated alkanes) is 2. The van der Waals surface area contributed by atoms with Gasteiger partial charge < -0.3 is 9.30 Å². The Morgan fingerprint density at radius 3 is 2.69 bits per heavy atom. The molecule has 9 heteroatoms. The molecule has 2 heterocycles. The summed E-state index contributed by atoms with van der Waals surface area (Å²) in [5.41, 5.74) is 0.600. The molecule has 0 aliphatic rings. The van der Waals surface area contributed by atoms with Gasteiger partial charge >= 0.3 is 11.7 Å². The van der Waals surface area contributed by atoms with Gasteiger partial charge in [0, 0.05) is 13.6 Å². The van der Waals surface area contributed by atoms with Gasteiger partial charge in [-0.05, 0) is 12.0 Å². The van der Waals surface area contributed by atoms with Crippen LogP contribution in [0.5, 0.6) is 0 Å². The second-order valence-electron chi connectivity index (χ2n) is 6.68. The van der Waals surface area contributed by atoms with E-state index in [0.29, 0.717) is 22.9 Å². The fraction of sp³-hybridized carbons (Fsp3) is 0.400. The molecule has 0 bridgehead atoms. The fourth-order valence-electron chi connectivity index (χ4n) is 2.96. The van der Waals surface area contributed by atoms with E-state index in [1.54, 1.807) is 11.6 Å². The van der Waals surface area contributed by atoms with E-state index in [9.17, 15) is 14.4 Å². The first-order valence-corrected chi connectivity index (χ1v) is 10.5. The monoisotopic (exact) mass is 416 g/mol. The van der Waals surface area contributed by atoms with Gasteiger partial charge in [-0.1, -0.05) is 61.9 Å². The molecular formula is C20H24N4O4S. The van der Waals surface area contributed by atoms with Gasteiger partial charge in [0.1, 0.15) is 6.61 Å². The second-order valence-corrected chi connectivity index (χ2v) is 7.62. The molecule has 0 unspecified atom stereocenters. The number of hydrogen-bond acceptors (Lipinski definition) is 6. The highest BCUT2D eigenvalue weighted by Crippen LogP contribution is 2.22. The third kappa shape index (κ3) is 4.97. The fourth-order valence-corrected chi connectivity index (χ4v) is 3.78. The Morgan fingerprint density at radius 2 is 1.97 bits per heavy atom. The number of aryl methyl sites for hydroxylation is 2. The Labute approximate surface area is 171 Å². The number of rotatable bonds is 9. The van der Waals surface area contributed by atoms with Crippen molar-refractivity contribution in [2.45, 2.75) is 44.5 Å². The molecule has 29 heavy (non-hydrogen) atoms. The lowest BCUT2D eigenvalue weighted by Crippen LogP contribution is -2.29. The maximum absolute atomic E-state index is 12.4. The molecule has 0 saturated carbocycles. The summed E-state index contributed by atoms with van der Waals surface area (Å²) in [6.07, 6.45) is 2.92. The zero-order chi connectivity index (χ0) is 20.8. The zero-order valence-electron chi connectivity index (χ0n) is 16.5. The molecule has 0 fully saturated rings. The molecule has 8 nitrogen and oxygen atoms in total. The van der Waals surface area contributed by atoms with Gasteiger partial charge in [0.25, 0.3) is 5.56 Å². The lowest BCUT2D eigenvalue weighted by atomic mass is 10.2. The molecule has 1 N–H and O–H groups in total. The topological polar surface area (TPSA) is 99.0 Å². The van der Waals surface area contributed by atoms with Crippen LogP contribution in [0.2, 0.25) is 0 Å². The summed E-state index contributed by atoms with van der Waals surface area (Å²) in [5, 5.41) is 0.527. The number of benzene rings is 1. The standard InChI is InChI=1S/C20H24N4O4S/c1-3-4-8-11-24-16-17(23(2)19(27)22-18(16)26)21-20(24)29-13-15(25)28-12-14-9-6-5-7-10-14/h5-7,9-10H,3-4,8,11-13H2,1-2H3,(H,22,26,27). The van der Waals surface area contributed by atoms with E-state index in [-0.39, 0.29) is 18.3 Å². The first-order chi connectivity index (χ1) is 14.0. The Bertz CT molecular complexity index is 1100. The van der Waals surface area contributed by atoms with Crippen molar-refractivity contribution < 1.29 is 9.53 Å². The average Bonchev–Trinajstić information content (AvgIpc) is 3.09. The van der Waals surface area contributed by atoms with Crippen LogP contribution in [0.1, 0.15) is 31.7 Å². The summed E-state index contributed by atoms with van der Waals surface area (Å²) >= 11 is 1.21. The second kappa shape index (κ2) is 9.60. The van der Waals surface area contributed by atoms with Crippen molar-refractivity contribution in [3.05, 3.63) is 56.7 Å². The van der Waals surface area contributed by atoms with E-state index in [1.807, 2.05) is 30.3 Å². The Morgan fingerprint density at radius 1 is 1.21 bits per heavy atom. The molecule has 0 atom stereocenters. The predicted molar refractivity (Wildman–Crippen MR) is 112 cm³/mol. The van der Waals surface area contributed by atoms with E-state index in [4.69, 9.17) is 4.74 Å². The molecule has 0 spiro atoms. The number of fused-ring (bicyclic) bond motifs is 1. The van der Waals surface area contributed by atoms with Gasteiger partial charge in [-0.3, -0.25) is 19.1 Å². The van der Waals surface area contributed by atoms with E-state index in [0.717, 1.165) is 24.8 Å². The molecule has 0 amide bonds. The van der Waals surface area contributed by atoms with Crippen LogP contribution in [0.25, 0.3) is 11.2 Å². The number of nitrogens with zero attached hydrogens (tertiary/aromatic N) is 3. The van der Waals surface area contributed by atoms with Crippen molar-refractivity contribution in [1.82, 2.24) is 19.1 Å². The number of aromatic nitrogens is 4. The van der Waals surface area contributed by atoms with Crippen molar-refractivity contribution in [2.75, 3.05) is 5.75 Å². The SMILES string of the molecule is CCCCCn1c(SCC(=O)OCc2ccccc2)nc2c1c(=O)[nH]c(=O)n2C. The quantitative estimate of drug-likeness (QED) is 0.327. The number of hydrogen-bond donors (Lipinski definition) is 1. The van der Waals surface area contributed by atoms with Crippen LogP contribution in [0.15, 0.2) is 45.1 Å². The highest BCUT2D eigenvalue weighted by atomic mass is 32.2. The third-order valence-corrected chi connectivity index (χ3v) is 5.47. The van der Waals surface area contributed by atoms with Crippen LogP contribution >= 0.6 is 11.8 Å². The highest BCUT2D eigenvalue weighted by molar-refractivity contribution is 7.99. The molecule has 0 aliphatic carbocycles. The summed E-state index contributed by atoms with van der Waals surface area (Å²) < 4.78 is 8.41. The van der Waals surface area contributed by atoms with Crippen molar-refractivity contribution in [3.63, 3.8) is 0 Å². The largest absolute Gasteiger partial charge is 0.460 e. The van der Waals surface area contributed by atoms with Gasteiger partial charge in [0.05, 0.1) is 5.75 Å². The number of ether oxygens (including phenoxy) is 1. The van der Waals surface area contributed by atoms with Gasteiger partial charge in [-0.2, -0.15) is 0 Å². The Kier molecular flexibility index (Phi) is 6.92. The smallest absolute Gasteiger partial charge is 0.329 e. The molecule has 0 radical (unpaired) electrons. The van der Waals surface area contributed by atoms with Crippen molar-refractivity contribution >= 4 is 28.9 Å². The summed E-state index contributed by atoms with van der Waals surface area (Å²) in [4.78, 5) is 43.2. The van der Waals surface area contributed by atoms with E-state index >= 15 is 0 Å². The number of aromatic amines is 1. The highest BCUT2D eigenvalue weighted by Gasteiger charge is 2.18. The van der Waals surface area contributed by atoms with Crippen LogP contribution in [-0.4, -0.2) is 30.8 Å². The third-order valence-electron chi connectivity index (χ3n) is 4.52.